The molecule has 5 rings (SSSR count). The lowest BCUT2D eigenvalue weighted by molar-refractivity contribution is -0.132. The van der Waals surface area contributed by atoms with Crippen LogP contribution in [0, 0.1) is 13.8 Å². The molecule has 2 fully saturated rings. The Bertz CT molecular complexity index is 1160. The number of carbonyl (C=O) groups is 1. The van der Waals surface area contributed by atoms with Crippen LogP contribution in [0.3, 0.4) is 0 Å². The van der Waals surface area contributed by atoms with Crippen LogP contribution in [0.1, 0.15) is 80.3 Å². The molecule has 1 aromatic carbocycles. The van der Waals surface area contributed by atoms with Gasteiger partial charge in [0.25, 0.3) is 0 Å². The van der Waals surface area contributed by atoms with Gasteiger partial charge in [-0.1, -0.05) is 19.9 Å². The number of carbonyl (C=O) groups excluding carboxylic acids is 1. The van der Waals surface area contributed by atoms with Crippen molar-refractivity contribution in [1.82, 2.24) is 20.2 Å². The zero-order valence-corrected chi connectivity index (χ0v) is 21.1. The van der Waals surface area contributed by atoms with Crippen LogP contribution in [0.25, 0.3) is 22.2 Å². The smallest absolute Gasteiger partial charge is 0.224 e. The maximum Gasteiger partial charge on any atom is 0.224 e. The van der Waals surface area contributed by atoms with E-state index in [9.17, 15) is 4.79 Å². The number of rotatable bonds is 5. The molecule has 5 nitrogen and oxygen atoms in total. The molecule has 2 saturated heterocycles. The number of nitrogens with zero attached hydrogens (tertiary/aromatic N) is 2. The maximum atomic E-state index is 12.8. The van der Waals surface area contributed by atoms with Crippen LogP contribution in [-0.2, 0) is 4.79 Å². The first-order valence-electron chi connectivity index (χ1n) is 13.0. The SMILES string of the molecule is Cc1cc(-c2[nH]c3ccc(C4CCN(C(=O)C[C@H]5CCCN5)CC4)cc3c2C(C)C)cc(C)n1. The number of nitrogens with one attached hydrogen (secondary N) is 2. The molecule has 2 N–H and O–H groups in total. The zero-order chi connectivity index (χ0) is 23.8. The number of aromatic amines is 1. The van der Waals surface area contributed by atoms with Crippen LogP contribution < -0.4 is 5.32 Å². The molecule has 5 heteroatoms. The number of aryl methyl sites for hydroxylation is 2. The third-order valence-corrected chi connectivity index (χ3v) is 7.71. The molecule has 2 aliphatic heterocycles. The minimum Gasteiger partial charge on any atom is -0.354 e. The summed E-state index contributed by atoms with van der Waals surface area (Å²) in [6, 6.07) is 11.7. The Morgan fingerprint density at radius 1 is 1.09 bits per heavy atom. The van der Waals surface area contributed by atoms with Crippen LogP contribution >= 0.6 is 0 Å². The van der Waals surface area contributed by atoms with Gasteiger partial charge < -0.3 is 15.2 Å². The Balaban J connectivity index is 1.37. The van der Waals surface area contributed by atoms with Gasteiger partial charge >= 0.3 is 0 Å². The Labute approximate surface area is 203 Å². The van der Waals surface area contributed by atoms with Gasteiger partial charge in [0.05, 0.1) is 5.69 Å². The Kier molecular flexibility index (Phi) is 6.48. The average Bonchev–Trinajstić information content (AvgIpc) is 3.45. The van der Waals surface area contributed by atoms with Crippen LogP contribution in [0.15, 0.2) is 30.3 Å². The van der Waals surface area contributed by atoms with Gasteiger partial charge in [-0.3, -0.25) is 9.78 Å². The first-order chi connectivity index (χ1) is 16.4. The van der Waals surface area contributed by atoms with Gasteiger partial charge in [0, 0.05) is 53.4 Å². The van der Waals surface area contributed by atoms with E-state index >= 15 is 0 Å². The summed E-state index contributed by atoms with van der Waals surface area (Å²) in [5.74, 6) is 1.26. The number of fused-ring (bicyclic) bond motifs is 1. The molecule has 0 saturated carbocycles. The molecule has 0 unspecified atom stereocenters. The normalized spacial score (nSPS) is 19.4. The largest absolute Gasteiger partial charge is 0.354 e. The lowest BCUT2D eigenvalue weighted by Crippen LogP contribution is -2.40. The number of hydrogen-bond acceptors (Lipinski definition) is 3. The monoisotopic (exact) mass is 458 g/mol. The highest BCUT2D eigenvalue weighted by atomic mass is 16.2. The summed E-state index contributed by atoms with van der Waals surface area (Å²) in [6.07, 6.45) is 5.09. The fourth-order valence-corrected chi connectivity index (χ4v) is 6.02. The first kappa shape index (κ1) is 23.1. The highest BCUT2D eigenvalue weighted by Crippen LogP contribution is 2.38. The average molecular weight is 459 g/mol. The molecule has 3 aromatic rings. The van der Waals surface area contributed by atoms with Gasteiger partial charge in [0.2, 0.25) is 5.91 Å². The topological polar surface area (TPSA) is 61.0 Å². The zero-order valence-electron chi connectivity index (χ0n) is 21.1. The van der Waals surface area contributed by atoms with Crippen LogP contribution in [-0.4, -0.2) is 46.5 Å². The highest BCUT2D eigenvalue weighted by molar-refractivity contribution is 5.92. The summed E-state index contributed by atoms with van der Waals surface area (Å²) < 4.78 is 0. The van der Waals surface area contributed by atoms with Gasteiger partial charge in [-0.15, -0.1) is 0 Å². The molecule has 0 bridgehead atoms. The lowest BCUT2D eigenvalue weighted by Gasteiger charge is -2.33. The van der Waals surface area contributed by atoms with Gasteiger partial charge in [-0.05, 0) is 93.3 Å². The summed E-state index contributed by atoms with van der Waals surface area (Å²) in [5, 5.41) is 4.79. The molecule has 180 valence electrons. The second kappa shape index (κ2) is 9.53. The number of piperidine rings is 1. The van der Waals surface area contributed by atoms with Crippen molar-refractivity contribution in [2.24, 2.45) is 0 Å². The third kappa shape index (κ3) is 4.63. The van der Waals surface area contributed by atoms with E-state index in [1.54, 1.807) is 0 Å². The van der Waals surface area contributed by atoms with Crippen molar-refractivity contribution < 1.29 is 4.79 Å². The van der Waals surface area contributed by atoms with Crippen molar-refractivity contribution >= 4 is 16.8 Å². The fourth-order valence-electron chi connectivity index (χ4n) is 6.02. The summed E-state index contributed by atoms with van der Waals surface area (Å²) in [4.78, 5) is 23.1. The second-order valence-electron chi connectivity index (χ2n) is 10.7. The van der Waals surface area contributed by atoms with E-state index in [4.69, 9.17) is 0 Å². The van der Waals surface area contributed by atoms with E-state index in [0.717, 1.165) is 50.3 Å². The van der Waals surface area contributed by atoms with Crippen molar-refractivity contribution in [3.63, 3.8) is 0 Å². The molecular formula is C29H38N4O. The summed E-state index contributed by atoms with van der Waals surface area (Å²) >= 11 is 0. The number of amides is 1. The summed E-state index contributed by atoms with van der Waals surface area (Å²) in [5.41, 5.74) is 8.53. The van der Waals surface area contributed by atoms with E-state index < -0.39 is 0 Å². The van der Waals surface area contributed by atoms with Crippen molar-refractivity contribution in [2.75, 3.05) is 19.6 Å². The number of likely N-dealkylation sites (tertiary alicyclic amines) is 1. The van der Waals surface area contributed by atoms with Gasteiger partial charge in [0.1, 0.15) is 0 Å². The minimum atomic E-state index is 0.327. The summed E-state index contributed by atoms with van der Waals surface area (Å²) in [6.45, 7) is 11.5. The van der Waals surface area contributed by atoms with Gasteiger partial charge in [0.15, 0.2) is 0 Å². The predicted molar refractivity (Wildman–Crippen MR) is 139 cm³/mol. The standard InChI is InChI=1S/C29H38N4O/c1-18(2)28-25-16-22(7-8-26(25)32-29(28)23-14-19(3)31-20(4)15-23)21-9-12-33(13-10-21)27(34)17-24-6-5-11-30-24/h7-8,14-16,18,21,24,30,32H,5-6,9-13,17H2,1-4H3/t24-/m1/s1. The molecule has 0 aliphatic carbocycles. The van der Waals surface area contributed by atoms with E-state index in [1.807, 2.05) is 0 Å². The molecule has 1 atom stereocenters. The highest BCUT2D eigenvalue weighted by Gasteiger charge is 2.27. The molecule has 0 spiro atoms. The fraction of sp³-hybridized carbons (Fsp3) is 0.517. The van der Waals surface area contributed by atoms with Crippen LogP contribution in [0.4, 0.5) is 0 Å². The lowest BCUT2D eigenvalue weighted by atomic mass is 9.87. The number of aromatic nitrogens is 2. The van der Waals surface area contributed by atoms with Crippen LogP contribution in [0.2, 0.25) is 0 Å². The van der Waals surface area contributed by atoms with Gasteiger partial charge in [-0.2, -0.15) is 0 Å². The first-order valence-corrected chi connectivity index (χ1v) is 13.0. The Morgan fingerprint density at radius 2 is 1.82 bits per heavy atom. The van der Waals surface area contributed by atoms with Crippen molar-refractivity contribution in [2.45, 2.75) is 77.7 Å². The van der Waals surface area contributed by atoms with E-state index in [-0.39, 0.29) is 0 Å². The molecule has 1 amide bonds. The number of H-pyrrole nitrogens is 1. The quantitative estimate of drug-likeness (QED) is 0.507. The predicted octanol–water partition coefficient (Wildman–Crippen LogP) is 5.82. The molecule has 4 heterocycles. The molecule has 2 aliphatic rings. The maximum absolute atomic E-state index is 12.8. The van der Waals surface area contributed by atoms with Crippen molar-refractivity contribution in [1.29, 1.82) is 0 Å². The van der Waals surface area contributed by atoms with Crippen LogP contribution in [0.5, 0.6) is 0 Å². The molecule has 0 radical (unpaired) electrons. The Hall–Kier alpha value is -2.66. The number of hydrogen-bond donors (Lipinski definition) is 2. The van der Waals surface area contributed by atoms with E-state index in [2.05, 4.69) is 78.2 Å². The van der Waals surface area contributed by atoms with Crippen molar-refractivity contribution in [3.05, 3.63) is 52.8 Å². The van der Waals surface area contributed by atoms with Gasteiger partial charge in [-0.25, -0.2) is 0 Å². The molecule has 34 heavy (non-hydrogen) atoms. The minimum absolute atomic E-state index is 0.327. The molecular weight excluding hydrogens is 420 g/mol. The number of benzene rings is 1. The molecule has 2 aromatic heterocycles. The second-order valence-corrected chi connectivity index (χ2v) is 10.7. The summed E-state index contributed by atoms with van der Waals surface area (Å²) in [7, 11) is 0. The van der Waals surface area contributed by atoms with Crippen molar-refractivity contribution in [3.8, 4) is 11.3 Å². The number of pyridine rings is 1. The Morgan fingerprint density at radius 3 is 2.47 bits per heavy atom. The van der Waals surface area contributed by atoms with E-state index in [0.29, 0.717) is 30.2 Å². The third-order valence-electron chi connectivity index (χ3n) is 7.71. The van der Waals surface area contributed by atoms with E-state index in [1.165, 1.54) is 39.7 Å².